The molecule has 0 radical (unpaired) electrons. The van der Waals surface area contributed by atoms with Gasteiger partial charge in [-0.2, -0.15) is 5.10 Å². The lowest BCUT2D eigenvalue weighted by atomic mass is 9.99. The zero-order valence-electron chi connectivity index (χ0n) is 23.8. The molecule has 3 aromatic carbocycles. The monoisotopic (exact) mass is 596 g/mol. The number of aromatic nitrogens is 2. The number of rotatable bonds is 7. The van der Waals surface area contributed by atoms with Crippen LogP contribution in [0.25, 0.3) is 16.9 Å². The highest BCUT2D eigenvalue weighted by atomic mass is 32.2. The summed E-state index contributed by atoms with van der Waals surface area (Å²) in [4.78, 5) is 28.9. The molecule has 43 heavy (non-hydrogen) atoms. The molecule has 1 saturated heterocycles. The van der Waals surface area contributed by atoms with Crippen molar-refractivity contribution < 1.29 is 23.8 Å². The Balaban J connectivity index is 1.38. The molecule has 3 aliphatic rings. The number of nitrogens with one attached hydrogen (secondary N) is 1. The van der Waals surface area contributed by atoms with Gasteiger partial charge in [0.1, 0.15) is 12.4 Å². The van der Waals surface area contributed by atoms with Crippen LogP contribution in [0.15, 0.2) is 72.8 Å². The maximum atomic E-state index is 13.9. The second kappa shape index (κ2) is 11.8. The molecule has 1 aromatic heterocycles. The molecule has 2 amide bonds. The van der Waals surface area contributed by atoms with E-state index in [0.29, 0.717) is 30.5 Å². The normalized spacial score (nSPS) is 19.3. The molecular formula is C33H32N4O5S. The maximum absolute atomic E-state index is 13.9. The maximum Gasteiger partial charge on any atom is 0.240 e. The van der Waals surface area contributed by atoms with Gasteiger partial charge in [-0.05, 0) is 49.6 Å². The second-order valence-electron chi connectivity index (χ2n) is 10.9. The van der Waals surface area contributed by atoms with Crippen LogP contribution in [-0.4, -0.2) is 59.9 Å². The number of nitrogens with zero attached hydrogens (tertiary/aromatic N) is 3. The highest BCUT2D eigenvalue weighted by molar-refractivity contribution is 8.00. The highest BCUT2D eigenvalue weighted by Gasteiger charge is 2.38. The summed E-state index contributed by atoms with van der Waals surface area (Å²) in [5, 5.41) is 7.89. The van der Waals surface area contributed by atoms with E-state index in [1.54, 1.807) is 4.90 Å². The molecule has 0 saturated carbocycles. The molecule has 1 fully saturated rings. The first-order valence-corrected chi connectivity index (χ1v) is 15.6. The minimum Gasteiger partial charge on any atom is -0.454 e. The Morgan fingerprint density at radius 2 is 1.86 bits per heavy atom. The zero-order chi connectivity index (χ0) is 29.3. The van der Waals surface area contributed by atoms with E-state index in [2.05, 4.69) is 5.32 Å². The molecule has 2 atom stereocenters. The largest absolute Gasteiger partial charge is 0.454 e. The van der Waals surface area contributed by atoms with Crippen LogP contribution >= 0.6 is 11.8 Å². The van der Waals surface area contributed by atoms with E-state index in [1.165, 1.54) is 11.8 Å². The predicted octanol–water partition coefficient (Wildman–Crippen LogP) is 5.04. The van der Waals surface area contributed by atoms with Crippen LogP contribution in [0, 0.1) is 6.92 Å². The number of ether oxygens (including phenoxy) is 3. The molecule has 4 aromatic rings. The summed E-state index contributed by atoms with van der Waals surface area (Å²) in [6.45, 7) is 3.22. The van der Waals surface area contributed by atoms with Crippen molar-refractivity contribution in [3.8, 4) is 28.4 Å². The summed E-state index contributed by atoms with van der Waals surface area (Å²) in [5.74, 6) is 1.76. The van der Waals surface area contributed by atoms with Gasteiger partial charge in [0.25, 0.3) is 0 Å². The Hall–Kier alpha value is -4.28. The average molecular weight is 597 g/mol. The first-order chi connectivity index (χ1) is 21.0. The van der Waals surface area contributed by atoms with Gasteiger partial charge in [-0.25, -0.2) is 4.68 Å². The fourth-order valence-corrected chi connectivity index (χ4v) is 6.95. The molecule has 0 aliphatic carbocycles. The molecule has 0 bridgehead atoms. The van der Waals surface area contributed by atoms with Gasteiger partial charge in [-0.3, -0.25) is 14.5 Å². The van der Waals surface area contributed by atoms with Crippen LogP contribution in [0.1, 0.15) is 34.8 Å². The SMILES string of the molecule is Cc1ccc(-n2nc(-c3ccccc3)c3c2N(CC(=O)NC[C@@H]2CCCO2)C(=O)CS[C@H]3c2ccc3c(c2)OCO3)cc1. The number of fused-ring (bicyclic) bond motifs is 2. The van der Waals surface area contributed by atoms with E-state index >= 15 is 0 Å². The molecule has 10 heteroatoms. The van der Waals surface area contributed by atoms with Crippen LogP contribution in [0.5, 0.6) is 11.5 Å². The van der Waals surface area contributed by atoms with Crippen LogP contribution < -0.4 is 19.7 Å². The molecule has 0 spiro atoms. The van der Waals surface area contributed by atoms with Crippen molar-refractivity contribution in [3.05, 3.63) is 89.5 Å². The first kappa shape index (κ1) is 27.5. The Morgan fingerprint density at radius 3 is 2.65 bits per heavy atom. The minimum absolute atomic E-state index is 0.00746. The Kier molecular flexibility index (Phi) is 7.54. The number of thioether (sulfide) groups is 1. The van der Waals surface area contributed by atoms with Crippen molar-refractivity contribution in [2.45, 2.75) is 31.1 Å². The number of anilines is 1. The highest BCUT2D eigenvalue weighted by Crippen LogP contribution is 2.50. The number of carbonyl (C=O) groups is 2. The molecular weight excluding hydrogens is 564 g/mol. The molecule has 4 heterocycles. The number of benzene rings is 3. The number of hydrogen-bond acceptors (Lipinski definition) is 7. The molecule has 3 aliphatic heterocycles. The fourth-order valence-electron chi connectivity index (χ4n) is 5.77. The van der Waals surface area contributed by atoms with Gasteiger partial charge in [0.2, 0.25) is 18.6 Å². The van der Waals surface area contributed by atoms with E-state index in [0.717, 1.165) is 46.5 Å². The van der Waals surface area contributed by atoms with E-state index in [9.17, 15) is 9.59 Å². The van der Waals surface area contributed by atoms with E-state index in [1.807, 2.05) is 84.4 Å². The van der Waals surface area contributed by atoms with E-state index in [4.69, 9.17) is 19.3 Å². The van der Waals surface area contributed by atoms with Gasteiger partial charge in [0.05, 0.1) is 28.5 Å². The predicted molar refractivity (Wildman–Crippen MR) is 165 cm³/mol. The fraction of sp³-hybridized carbons (Fsp3) is 0.303. The quantitative estimate of drug-likeness (QED) is 0.319. The number of hydrogen-bond donors (Lipinski definition) is 1. The Morgan fingerprint density at radius 1 is 1.05 bits per heavy atom. The van der Waals surface area contributed by atoms with Gasteiger partial charge < -0.3 is 19.5 Å². The summed E-state index contributed by atoms with van der Waals surface area (Å²) in [6, 6.07) is 23.9. The lowest BCUT2D eigenvalue weighted by Gasteiger charge is -2.23. The summed E-state index contributed by atoms with van der Waals surface area (Å²) in [7, 11) is 0. The van der Waals surface area contributed by atoms with E-state index in [-0.39, 0.29) is 42.3 Å². The lowest BCUT2D eigenvalue weighted by Crippen LogP contribution is -2.44. The molecule has 1 N–H and O–H groups in total. The van der Waals surface area contributed by atoms with Crippen molar-refractivity contribution in [2.75, 3.05) is 37.1 Å². The van der Waals surface area contributed by atoms with Crippen LogP contribution in [0.2, 0.25) is 0 Å². The number of aryl methyl sites for hydroxylation is 1. The standard InChI is InChI=1S/C33H32N4O5S/c1-21-9-12-24(13-10-21)37-33-30(31(35-37)22-6-3-2-4-7-22)32(23-11-14-26-27(16-23)42-20-41-26)43-19-29(39)36(33)18-28(38)34-17-25-8-5-15-40-25/h2-4,6-7,9-14,16,25,32H,5,8,15,17-20H2,1H3,(H,34,38)/t25-,32-/m0/s1. The van der Waals surface area contributed by atoms with Crippen LogP contribution in [0.3, 0.4) is 0 Å². The van der Waals surface area contributed by atoms with Crippen molar-refractivity contribution >= 4 is 29.4 Å². The number of carbonyl (C=O) groups excluding carboxylic acids is 2. The third kappa shape index (κ3) is 5.48. The Bertz CT molecular complexity index is 1650. The summed E-state index contributed by atoms with van der Waals surface area (Å²) < 4.78 is 18.8. The number of amides is 2. The van der Waals surface area contributed by atoms with Crippen LogP contribution in [0.4, 0.5) is 5.82 Å². The molecule has 9 nitrogen and oxygen atoms in total. The van der Waals surface area contributed by atoms with Gasteiger partial charge in [-0.1, -0.05) is 54.1 Å². The average Bonchev–Trinajstić information content (AvgIpc) is 3.79. The lowest BCUT2D eigenvalue weighted by molar-refractivity contribution is -0.123. The third-order valence-corrected chi connectivity index (χ3v) is 9.22. The van der Waals surface area contributed by atoms with Gasteiger partial charge in [0.15, 0.2) is 11.5 Å². The van der Waals surface area contributed by atoms with Crippen molar-refractivity contribution in [1.29, 1.82) is 0 Å². The summed E-state index contributed by atoms with van der Waals surface area (Å²) in [5.41, 5.74) is 5.43. The van der Waals surface area contributed by atoms with Crippen LogP contribution in [-0.2, 0) is 14.3 Å². The minimum atomic E-state index is -0.261. The van der Waals surface area contributed by atoms with E-state index < -0.39 is 0 Å². The summed E-state index contributed by atoms with van der Waals surface area (Å²) >= 11 is 1.53. The molecule has 7 rings (SSSR count). The molecule has 0 unspecified atom stereocenters. The van der Waals surface area contributed by atoms with Crippen molar-refractivity contribution in [3.63, 3.8) is 0 Å². The topological polar surface area (TPSA) is 94.9 Å². The zero-order valence-corrected chi connectivity index (χ0v) is 24.6. The Labute approximate surface area is 254 Å². The second-order valence-corrected chi connectivity index (χ2v) is 12.0. The third-order valence-electron chi connectivity index (χ3n) is 7.97. The smallest absolute Gasteiger partial charge is 0.240 e. The van der Waals surface area contributed by atoms with Gasteiger partial charge in [0, 0.05) is 24.3 Å². The first-order valence-electron chi connectivity index (χ1n) is 14.5. The van der Waals surface area contributed by atoms with Crippen molar-refractivity contribution in [1.82, 2.24) is 15.1 Å². The van der Waals surface area contributed by atoms with Crippen molar-refractivity contribution in [2.24, 2.45) is 0 Å². The van der Waals surface area contributed by atoms with Gasteiger partial charge >= 0.3 is 0 Å². The van der Waals surface area contributed by atoms with Gasteiger partial charge in [-0.15, -0.1) is 11.8 Å². The summed E-state index contributed by atoms with van der Waals surface area (Å²) in [6.07, 6.45) is 1.92. The molecule has 220 valence electrons.